The van der Waals surface area contributed by atoms with Crippen LogP contribution < -0.4 is 10.5 Å². The molecule has 4 nitrogen and oxygen atoms in total. The molecule has 1 aliphatic rings. The highest BCUT2D eigenvalue weighted by Gasteiger charge is 2.27. The van der Waals surface area contributed by atoms with Crippen LogP contribution in [-0.2, 0) is 7.05 Å². The zero-order chi connectivity index (χ0) is 9.42. The number of rotatable bonds is 2. The lowest BCUT2D eigenvalue weighted by Gasteiger charge is -2.16. The first-order valence-electron chi connectivity index (χ1n) is 4.44. The van der Waals surface area contributed by atoms with Gasteiger partial charge in [0.05, 0.1) is 6.33 Å². The maximum absolute atomic E-state index is 11.3. The molecule has 0 spiro atoms. The average Bonchev–Trinajstić information content (AvgIpc) is 2.91. The first-order chi connectivity index (χ1) is 6.18. The zero-order valence-corrected chi connectivity index (χ0v) is 7.90. The third kappa shape index (κ3) is 1.56. The van der Waals surface area contributed by atoms with Gasteiger partial charge in [-0.1, -0.05) is 0 Å². The van der Waals surface area contributed by atoms with Crippen LogP contribution in [0.25, 0.3) is 0 Å². The quantitative estimate of drug-likeness (QED) is 0.658. The standard InChI is InChI=1S/C9H13N3O/c1-11-6-10-8(5-9(11)13)12(2)7-3-4-7/h5-7H,3-4H2,1-2H3. The minimum absolute atomic E-state index is 0.00231. The normalized spacial score (nSPS) is 15.8. The van der Waals surface area contributed by atoms with E-state index < -0.39 is 0 Å². The largest absolute Gasteiger partial charge is 0.356 e. The number of hydrogen-bond donors (Lipinski definition) is 0. The molecular formula is C9H13N3O. The second kappa shape index (κ2) is 2.87. The van der Waals surface area contributed by atoms with Crippen molar-refractivity contribution in [3.8, 4) is 0 Å². The molecule has 0 radical (unpaired) electrons. The van der Waals surface area contributed by atoms with Crippen molar-refractivity contribution in [2.24, 2.45) is 7.05 Å². The molecular weight excluding hydrogens is 166 g/mol. The Morgan fingerprint density at radius 3 is 2.85 bits per heavy atom. The van der Waals surface area contributed by atoms with Gasteiger partial charge in [0.2, 0.25) is 0 Å². The summed E-state index contributed by atoms with van der Waals surface area (Å²) >= 11 is 0. The smallest absolute Gasteiger partial charge is 0.255 e. The molecule has 2 rings (SSSR count). The molecule has 0 aromatic carbocycles. The van der Waals surface area contributed by atoms with Gasteiger partial charge >= 0.3 is 0 Å². The highest BCUT2D eigenvalue weighted by atomic mass is 16.1. The topological polar surface area (TPSA) is 38.1 Å². The summed E-state index contributed by atoms with van der Waals surface area (Å²) in [6, 6.07) is 2.18. The highest BCUT2D eigenvalue weighted by molar-refractivity contribution is 5.38. The van der Waals surface area contributed by atoms with E-state index in [-0.39, 0.29) is 5.56 Å². The third-order valence-electron chi connectivity index (χ3n) is 2.42. The number of hydrogen-bond acceptors (Lipinski definition) is 3. The van der Waals surface area contributed by atoms with Crippen molar-refractivity contribution < 1.29 is 0 Å². The van der Waals surface area contributed by atoms with Crippen LogP contribution in [0.4, 0.5) is 5.82 Å². The van der Waals surface area contributed by atoms with Crippen LogP contribution >= 0.6 is 0 Å². The van der Waals surface area contributed by atoms with Gasteiger partial charge in [-0.05, 0) is 12.8 Å². The molecule has 0 unspecified atom stereocenters. The van der Waals surface area contributed by atoms with Crippen LogP contribution in [0.15, 0.2) is 17.2 Å². The van der Waals surface area contributed by atoms with Gasteiger partial charge in [-0.2, -0.15) is 0 Å². The molecule has 4 heteroatoms. The van der Waals surface area contributed by atoms with Gasteiger partial charge < -0.3 is 9.47 Å². The van der Waals surface area contributed by atoms with Crippen molar-refractivity contribution >= 4 is 5.82 Å². The minimum Gasteiger partial charge on any atom is -0.356 e. The van der Waals surface area contributed by atoms with E-state index in [1.54, 1.807) is 19.4 Å². The fourth-order valence-corrected chi connectivity index (χ4v) is 1.29. The summed E-state index contributed by atoms with van der Waals surface area (Å²) in [6.45, 7) is 0. The molecule has 1 aliphatic carbocycles. The molecule has 70 valence electrons. The summed E-state index contributed by atoms with van der Waals surface area (Å²) in [5, 5.41) is 0. The molecule has 1 saturated carbocycles. The van der Waals surface area contributed by atoms with Crippen molar-refractivity contribution in [3.63, 3.8) is 0 Å². The summed E-state index contributed by atoms with van der Waals surface area (Å²) in [5.74, 6) is 0.783. The summed E-state index contributed by atoms with van der Waals surface area (Å²) in [4.78, 5) is 17.5. The van der Waals surface area contributed by atoms with E-state index in [9.17, 15) is 4.79 Å². The van der Waals surface area contributed by atoms with Crippen molar-refractivity contribution in [2.45, 2.75) is 18.9 Å². The second-order valence-electron chi connectivity index (χ2n) is 3.54. The number of aromatic nitrogens is 2. The second-order valence-corrected chi connectivity index (χ2v) is 3.54. The van der Waals surface area contributed by atoms with Gasteiger partial charge in [0.1, 0.15) is 5.82 Å². The minimum atomic E-state index is -0.00231. The van der Waals surface area contributed by atoms with Gasteiger partial charge in [0.15, 0.2) is 0 Å². The van der Waals surface area contributed by atoms with Gasteiger partial charge in [0.25, 0.3) is 5.56 Å². The Labute approximate surface area is 76.8 Å². The molecule has 0 N–H and O–H groups in total. The SMILES string of the molecule is CN(c1cc(=O)n(C)cn1)C1CC1. The van der Waals surface area contributed by atoms with Gasteiger partial charge in [-0.3, -0.25) is 4.79 Å². The van der Waals surface area contributed by atoms with Crippen molar-refractivity contribution in [1.29, 1.82) is 0 Å². The van der Waals surface area contributed by atoms with Crippen LogP contribution in [0, 0.1) is 0 Å². The maximum Gasteiger partial charge on any atom is 0.255 e. The fraction of sp³-hybridized carbons (Fsp3) is 0.556. The van der Waals surface area contributed by atoms with E-state index >= 15 is 0 Å². The molecule has 0 saturated heterocycles. The van der Waals surface area contributed by atoms with Crippen molar-refractivity contribution in [2.75, 3.05) is 11.9 Å². The molecule has 13 heavy (non-hydrogen) atoms. The Kier molecular flexibility index (Phi) is 1.83. The first-order valence-corrected chi connectivity index (χ1v) is 4.44. The number of nitrogens with zero attached hydrogens (tertiary/aromatic N) is 3. The average molecular weight is 179 g/mol. The predicted octanol–water partition coefficient (Wildman–Crippen LogP) is 0.379. The van der Waals surface area contributed by atoms with Crippen LogP contribution in [0.2, 0.25) is 0 Å². The molecule has 1 heterocycles. The summed E-state index contributed by atoms with van der Waals surface area (Å²) < 4.78 is 1.48. The van der Waals surface area contributed by atoms with Gasteiger partial charge in [-0.15, -0.1) is 0 Å². The molecule has 0 amide bonds. The van der Waals surface area contributed by atoms with Crippen molar-refractivity contribution in [1.82, 2.24) is 9.55 Å². The Bertz CT molecular complexity index is 367. The Balaban J connectivity index is 2.30. The number of anilines is 1. The van der Waals surface area contributed by atoms with E-state index in [1.165, 1.54) is 17.4 Å². The van der Waals surface area contributed by atoms with Gasteiger partial charge in [-0.25, -0.2) is 4.98 Å². The zero-order valence-electron chi connectivity index (χ0n) is 7.90. The Morgan fingerprint density at radius 2 is 2.31 bits per heavy atom. The summed E-state index contributed by atoms with van der Waals surface area (Å²) in [7, 11) is 3.69. The van der Waals surface area contributed by atoms with E-state index in [0.29, 0.717) is 6.04 Å². The molecule has 1 aromatic heterocycles. The molecule has 0 bridgehead atoms. The summed E-state index contributed by atoms with van der Waals surface area (Å²) in [6.07, 6.45) is 4.00. The summed E-state index contributed by atoms with van der Waals surface area (Å²) in [5.41, 5.74) is -0.00231. The molecule has 0 aliphatic heterocycles. The van der Waals surface area contributed by atoms with Crippen LogP contribution in [0.5, 0.6) is 0 Å². The lowest BCUT2D eigenvalue weighted by molar-refractivity contribution is 0.801. The third-order valence-corrected chi connectivity index (χ3v) is 2.42. The lowest BCUT2D eigenvalue weighted by Crippen LogP contribution is -2.25. The number of aryl methyl sites for hydroxylation is 1. The van der Waals surface area contributed by atoms with Crippen LogP contribution in [0.1, 0.15) is 12.8 Å². The highest BCUT2D eigenvalue weighted by Crippen LogP contribution is 2.27. The Hall–Kier alpha value is -1.32. The molecule has 1 fully saturated rings. The first kappa shape index (κ1) is 8.29. The van der Waals surface area contributed by atoms with E-state index in [4.69, 9.17) is 0 Å². The monoisotopic (exact) mass is 179 g/mol. The fourth-order valence-electron chi connectivity index (χ4n) is 1.29. The van der Waals surface area contributed by atoms with E-state index in [0.717, 1.165) is 5.82 Å². The van der Waals surface area contributed by atoms with Crippen molar-refractivity contribution in [3.05, 3.63) is 22.7 Å². The van der Waals surface area contributed by atoms with E-state index in [2.05, 4.69) is 9.88 Å². The van der Waals surface area contributed by atoms with E-state index in [1.807, 2.05) is 7.05 Å². The van der Waals surface area contributed by atoms with Gasteiger partial charge in [0, 0.05) is 26.2 Å². The van der Waals surface area contributed by atoms with Crippen LogP contribution in [-0.4, -0.2) is 22.6 Å². The molecule has 1 aromatic rings. The predicted molar refractivity (Wildman–Crippen MR) is 50.9 cm³/mol. The van der Waals surface area contributed by atoms with Crippen LogP contribution in [0.3, 0.4) is 0 Å². The maximum atomic E-state index is 11.3. The lowest BCUT2D eigenvalue weighted by atomic mass is 10.5. The molecule has 0 atom stereocenters. The Morgan fingerprint density at radius 1 is 1.62 bits per heavy atom.